The summed E-state index contributed by atoms with van der Waals surface area (Å²) in [4.78, 5) is 12.4. The number of urea groups is 1. The van der Waals surface area contributed by atoms with E-state index in [1.165, 1.54) is 0 Å². The van der Waals surface area contributed by atoms with Crippen molar-refractivity contribution < 1.29 is 4.79 Å². The molecule has 116 valence electrons. The molecule has 0 saturated heterocycles. The van der Waals surface area contributed by atoms with E-state index >= 15 is 0 Å². The topological polar surface area (TPSA) is 64.9 Å². The van der Waals surface area contributed by atoms with E-state index in [1.807, 2.05) is 24.3 Å². The molecule has 0 unspecified atom stereocenters. The number of halogens is 1. The molecule has 0 aromatic heterocycles. The highest BCUT2D eigenvalue weighted by Gasteiger charge is 2.40. The summed E-state index contributed by atoms with van der Waals surface area (Å²) < 4.78 is 1.02. The Kier molecular flexibility index (Phi) is 4.35. The Balaban J connectivity index is 1.76. The Morgan fingerprint density at radius 3 is 2.43 bits per heavy atom. The van der Waals surface area contributed by atoms with E-state index in [-0.39, 0.29) is 11.6 Å². The second-order valence-corrected chi connectivity index (χ2v) is 6.59. The molecule has 3 rings (SSSR count). The van der Waals surface area contributed by atoms with Gasteiger partial charge in [0.25, 0.3) is 0 Å². The molecule has 2 amide bonds. The third kappa shape index (κ3) is 3.22. The summed E-state index contributed by atoms with van der Waals surface area (Å²) >= 11 is 3.43. The molecule has 5 heteroatoms. The van der Waals surface area contributed by atoms with Crippen molar-refractivity contribution in [2.75, 3.05) is 5.32 Å². The number of hydrogen-bond donors (Lipinski definition) is 2. The average molecular weight is 370 g/mol. The molecular formula is C18H16BrN3O. The normalized spacial score (nSPS) is 15.1. The number of carbonyl (C=O) groups excluding carboxylic acids is 1. The number of nitrogens with one attached hydrogen (secondary N) is 2. The molecule has 2 aromatic rings. The van der Waals surface area contributed by atoms with Crippen LogP contribution in [-0.2, 0) is 5.54 Å². The van der Waals surface area contributed by atoms with Crippen molar-refractivity contribution in [3.8, 4) is 6.07 Å². The van der Waals surface area contributed by atoms with Crippen LogP contribution in [0.25, 0.3) is 0 Å². The van der Waals surface area contributed by atoms with Crippen molar-refractivity contribution in [3.63, 3.8) is 0 Å². The maximum absolute atomic E-state index is 12.4. The number of carbonyl (C=O) groups is 1. The van der Waals surface area contributed by atoms with Gasteiger partial charge in [0.05, 0.1) is 16.8 Å². The smallest absolute Gasteiger partial charge is 0.319 e. The summed E-state index contributed by atoms with van der Waals surface area (Å²) in [6.07, 6.45) is 2.93. The van der Waals surface area contributed by atoms with Gasteiger partial charge in [-0.05, 0) is 49.1 Å². The lowest BCUT2D eigenvalue weighted by atomic mass is 9.72. The first-order valence-electron chi connectivity index (χ1n) is 7.47. The number of benzene rings is 2. The largest absolute Gasteiger partial charge is 0.328 e. The first-order valence-corrected chi connectivity index (χ1v) is 8.27. The summed E-state index contributed by atoms with van der Waals surface area (Å²) in [5.41, 5.74) is 1.77. The predicted octanol–water partition coefficient (Wildman–Crippen LogP) is 4.52. The van der Waals surface area contributed by atoms with Crippen LogP contribution in [0.15, 0.2) is 53.0 Å². The van der Waals surface area contributed by atoms with Crippen molar-refractivity contribution >= 4 is 27.6 Å². The summed E-state index contributed by atoms with van der Waals surface area (Å²) in [5, 5.41) is 15.0. The molecule has 4 nitrogen and oxygen atoms in total. The van der Waals surface area contributed by atoms with Crippen molar-refractivity contribution in [2.45, 2.75) is 24.8 Å². The first kappa shape index (κ1) is 15.6. The van der Waals surface area contributed by atoms with Crippen LogP contribution in [0.3, 0.4) is 0 Å². The molecule has 1 aliphatic carbocycles. The summed E-state index contributed by atoms with van der Waals surface area (Å²) in [6, 6.07) is 16.8. The Hall–Kier alpha value is -2.32. The van der Waals surface area contributed by atoms with Gasteiger partial charge in [0.1, 0.15) is 6.07 Å². The Labute approximate surface area is 143 Å². The minimum absolute atomic E-state index is 0.282. The number of para-hydroxylation sites is 1. The lowest BCUT2D eigenvalue weighted by molar-refractivity contribution is 0.185. The molecule has 1 saturated carbocycles. The summed E-state index contributed by atoms with van der Waals surface area (Å²) in [6.45, 7) is 0. The molecule has 0 atom stereocenters. The van der Waals surface area contributed by atoms with Gasteiger partial charge in [-0.25, -0.2) is 4.79 Å². The van der Waals surface area contributed by atoms with Crippen molar-refractivity contribution in [3.05, 3.63) is 64.1 Å². The van der Waals surface area contributed by atoms with Gasteiger partial charge in [-0.2, -0.15) is 5.26 Å². The highest BCUT2D eigenvalue weighted by molar-refractivity contribution is 9.10. The Morgan fingerprint density at radius 1 is 1.13 bits per heavy atom. The second-order valence-electron chi connectivity index (χ2n) is 5.68. The van der Waals surface area contributed by atoms with Crippen LogP contribution in [0.5, 0.6) is 0 Å². The quantitative estimate of drug-likeness (QED) is 0.834. The lowest BCUT2D eigenvalue weighted by Crippen LogP contribution is -2.52. The number of anilines is 1. The number of hydrogen-bond acceptors (Lipinski definition) is 2. The zero-order valence-electron chi connectivity index (χ0n) is 12.5. The first-order chi connectivity index (χ1) is 11.1. The predicted molar refractivity (Wildman–Crippen MR) is 93.0 cm³/mol. The van der Waals surface area contributed by atoms with Gasteiger partial charge in [0.15, 0.2) is 0 Å². The zero-order valence-corrected chi connectivity index (χ0v) is 14.1. The van der Waals surface area contributed by atoms with Gasteiger partial charge in [-0.3, -0.25) is 0 Å². The number of rotatable bonds is 3. The van der Waals surface area contributed by atoms with E-state index in [4.69, 9.17) is 5.26 Å². The van der Waals surface area contributed by atoms with Crippen LogP contribution in [0.4, 0.5) is 10.5 Å². The molecule has 0 aliphatic heterocycles. The van der Waals surface area contributed by atoms with E-state index < -0.39 is 0 Å². The highest BCUT2D eigenvalue weighted by Crippen LogP contribution is 2.41. The van der Waals surface area contributed by atoms with Gasteiger partial charge in [0.2, 0.25) is 0 Å². The van der Waals surface area contributed by atoms with Crippen molar-refractivity contribution in [2.24, 2.45) is 0 Å². The van der Waals surface area contributed by atoms with Crippen LogP contribution < -0.4 is 10.6 Å². The molecule has 23 heavy (non-hydrogen) atoms. The summed E-state index contributed by atoms with van der Waals surface area (Å²) in [7, 11) is 0. The van der Waals surface area contributed by atoms with Crippen LogP contribution >= 0.6 is 15.9 Å². The van der Waals surface area contributed by atoms with Crippen LogP contribution in [0, 0.1) is 11.3 Å². The molecule has 2 aromatic carbocycles. The molecule has 0 radical (unpaired) electrons. The van der Waals surface area contributed by atoms with Crippen LogP contribution in [-0.4, -0.2) is 6.03 Å². The molecular weight excluding hydrogens is 354 g/mol. The van der Waals surface area contributed by atoms with E-state index in [1.54, 1.807) is 24.3 Å². The minimum atomic E-state index is -0.313. The second kappa shape index (κ2) is 6.43. The van der Waals surface area contributed by atoms with Crippen LogP contribution in [0.1, 0.15) is 30.4 Å². The van der Waals surface area contributed by atoms with E-state index in [0.717, 1.165) is 29.3 Å². The fourth-order valence-corrected chi connectivity index (χ4v) is 3.11. The van der Waals surface area contributed by atoms with Crippen molar-refractivity contribution in [1.82, 2.24) is 5.32 Å². The van der Waals surface area contributed by atoms with E-state index in [0.29, 0.717) is 11.3 Å². The Bertz CT molecular complexity index is 761. The van der Waals surface area contributed by atoms with Gasteiger partial charge >= 0.3 is 6.03 Å². The van der Waals surface area contributed by atoms with Gasteiger partial charge in [0, 0.05) is 4.47 Å². The molecule has 1 aliphatic rings. The average Bonchev–Trinajstić information content (AvgIpc) is 2.52. The summed E-state index contributed by atoms with van der Waals surface area (Å²) in [5.74, 6) is 0. The minimum Gasteiger partial charge on any atom is -0.328 e. The monoisotopic (exact) mass is 369 g/mol. The van der Waals surface area contributed by atoms with Gasteiger partial charge < -0.3 is 10.6 Å². The highest BCUT2D eigenvalue weighted by atomic mass is 79.9. The molecule has 0 heterocycles. The standard InChI is InChI=1S/C18H16BrN3O/c19-15-8-6-14(7-9-15)18(10-3-11-18)22-17(23)21-16-5-2-1-4-13(16)12-20/h1-2,4-9H,3,10-11H2,(H2,21,22,23). The van der Waals surface area contributed by atoms with Crippen molar-refractivity contribution in [1.29, 1.82) is 5.26 Å². The number of nitriles is 1. The molecule has 1 fully saturated rings. The third-order valence-corrected chi connectivity index (χ3v) is 4.78. The van der Waals surface area contributed by atoms with E-state index in [9.17, 15) is 4.79 Å². The molecule has 2 N–H and O–H groups in total. The molecule has 0 bridgehead atoms. The maximum atomic E-state index is 12.4. The fraction of sp³-hybridized carbons (Fsp3) is 0.222. The maximum Gasteiger partial charge on any atom is 0.319 e. The Morgan fingerprint density at radius 2 is 1.83 bits per heavy atom. The molecule has 0 spiro atoms. The van der Waals surface area contributed by atoms with E-state index in [2.05, 4.69) is 32.6 Å². The fourth-order valence-electron chi connectivity index (χ4n) is 2.85. The SMILES string of the molecule is N#Cc1ccccc1NC(=O)NC1(c2ccc(Br)cc2)CCC1. The number of nitrogens with zero attached hydrogens (tertiary/aromatic N) is 1. The number of amides is 2. The lowest BCUT2D eigenvalue weighted by Gasteiger charge is -2.43. The van der Waals surface area contributed by atoms with Crippen LogP contribution in [0.2, 0.25) is 0 Å². The van der Waals surface area contributed by atoms with Gasteiger partial charge in [-0.15, -0.1) is 0 Å². The third-order valence-electron chi connectivity index (χ3n) is 4.25. The van der Waals surface area contributed by atoms with Gasteiger partial charge in [-0.1, -0.05) is 40.2 Å². The zero-order chi connectivity index (χ0) is 16.3.